The van der Waals surface area contributed by atoms with E-state index in [0.29, 0.717) is 16.5 Å². The number of carboxylic acids is 1. The molecule has 1 aromatic heterocycles. The van der Waals surface area contributed by atoms with Gasteiger partial charge in [-0.25, -0.2) is 4.79 Å². The van der Waals surface area contributed by atoms with E-state index in [1.54, 1.807) is 6.92 Å². The summed E-state index contributed by atoms with van der Waals surface area (Å²) in [5.41, 5.74) is 2.72. The van der Waals surface area contributed by atoms with E-state index in [1.165, 1.54) is 16.9 Å². The molecule has 0 aliphatic heterocycles. The molecule has 0 fully saturated rings. The van der Waals surface area contributed by atoms with Crippen LogP contribution in [0.15, 0.2) is 30.3 Å². The molecule has 0 bridgehead atoms. The number of carbonyl (C=O) groups is 3. The van der Waals surface area contributed by atoms with E-state index in [4.69, 9.17) is 9.84 Å². The summed E-state index contributed by atoms with van der Waals surface area (Å²) < 4.78 is 5.24. The number of benzene rings is 1. The molecule has 2 N–H and O–H groups in total. The lowest BCUT2D eigenvalue weighted by Crippen LogP contribution is -2.17. The summed E-state index contributed by atoms with van der Waals surface area (Å²) in [6.07, 6.45) is 2.82. The highest BCUT2D eigenvalue weighted by Gasteiger charge is 2.30. The number of amides is 1. The number of thiophene rings is 1. The summed E-state index contributed by atoms with van der Waals surface area (Å²) in [6, 6.07) is 10.3. The largest absolute Gasteiger partial charge is 0.481 e. The molecule has 7 heteroatoms. The van der Waals surface area contributed by atoms with Gasteiger partial charge < -0.3 is 15.2 Å². The van der Waals surface area contributed by atoms with Crippen LogP contribution in [-0.2, 0) is 27.2 Å². The number of aliphatic carboxylic acids is 1. The van der Waals surface area contributed by atoms with Crippen molar-refractivity contribution < 1.29 is 24.2 Å². The second kappa shape index (κ2) is 9.69. The van der Waals surface area contributed by atoms with Gasteiger partial charge in [0.15, 0.2) is 0 Å². The fourth-order valence-electron chi connectivity index (χ4n) is 3.69. The molecule has 2 aromatic rings. The number of hydrogen-bond acceptors (Lipinski definition) is 5. The van der Waals surface area contributed by atoms with Crippen LogP contribution in [0.3, 0.4) is 0 Å². The zero-order chi connectivity index (χ0) is 20.8. The lowest BCUT2D eigenvalue weighted by Gasteiger charge is -2.23. The van der Waals surface area contributed by atoms with Gasteiger partial charge in [0.1, 0.15) is 5.00 Å². The van der Waals surface area contributed by atoms with Gasteiger partial charge in [0.2, 0.25) is 5.91 Å². The molecule has 6 nitrogen and oxygen atoms in total. The standard InChI is InChI=1S/C22H25NO5S/c1-2-28-22(27)20-16-12-11-15(14-7-4-3-5-8-14)13-17(16)29-21(20)23-18(24)9-6-10-19(25)26/h3-5,7-8,15H,2,6,9-13H2,1H3,(H,23,24)(H,25,26)/t15-/m0/s1. The highest BCUT2D eigenvalue weighted by molar-refractivity contribution is 7.17. The van der Waals surface area contributed by atoms with E-state index in [0.717, 1.165) is 29.7 Å². The van der Waals surface area contributed by atoms with Crippen LogP contribution in [0, 0.1) is 0 Å². The monoisotopic (exact) mass is 415 g/mol. The van der Waals surface area contributed by atoms with Crippen LogP contribution >= 0.6 is 11.3 Å². The molecule has 0 saturated carbocycles. The highest BCUT2D eigenvalue weighted by atomic mass is 32.1. The zero-order valence-corrected chi connectivity index (χ0v) is 17.2. The smallest absolute Gasteiger partial charge is 0.341 e. The molecule has 1 atom stereocenters. The zero-order valence-electron chi connectivity index (χ0n) is 16.4. The second-order valence-electron chi connectivity index (χ2n) is 7.07. The molecule has 1 aliphatic carbocycles. The molecular formula is C22H25NO5S. The van der Waals surface area contributed by atoms with E-state index in [2.05, 4.69) is 17.4 Å². The van der Waals surface area contributed by atoms with Crippen LogP contribution in [-0.4, -0.2) is 29.6 Å². The molecule has 1 heterocycles. The number of hydrogen-bond donors (Lipinski definition) is 2. The average Bonchev–Trinajstić information content (AvgIpc) is 3.05. The van der Waals surface area contributed by atoms with Crippen molar-refractivity contribution in [2.24, 2.45) is 0 Å². The first kappa shape index (κ1) is 21.0. The number of carbonyl (C=O) groups excluding carboxylic acids is 2. The van der Waals surface area contributed by atoms with Gasteiger partial charge in [0, 0.05) is 17.7 Å². The van der Waals surface area contributed by atoms with Gasteiger partial charge in [0.25, 0.3) is 0 Å². The van der Waals surface area contributed by atoms with Crippen molar-refractivity contribution in [2.75, 3.05) is 11.9 Å². The van der Waals surface area contributed by atoms with Gasteiger partial charge in [-0.15, -0.1) is 11.3 Å². The normalized spacial score (nSPS) is 15.4. The third kappa shape index (κ3) is 5.23. The molecule has 3 rings (SSSR count). The van der Waals surface area contributed by atoms with Crippen molar-refractivity contribution in [1.29, 1.82) is 0 Å². The second-order valence-corrected chi connectivity index (χ2v) is 8.18. The summed E-state index contributed by atoms with van der Waals surface area (Å²) in [4.78, 5) is 36.6. The maximum Gasteiger partial charge on any atom is 0.341 e. The summed E-state index contributed by atoms with van der Waals surface area (Å²) >= 11 is 1.43. The van der Waals surface area contributed by atoms with Crippen LogP contribution < -0.4 is 5.32 Å². The SMILES string of the molecule is CCOC(=O)c1c(NC(=O)CCCC(=O)O)sc2c1CC[C@H](c1ccccc1)C2. The molecule has 29 heavy (non-hydrogen) atoms. The number of fused-ring (bicyclic) bond motifs is 1. The van der Waals surface area contributed by atoms with Crippen molar-refractivity contribution in [1.82, 2.24) is 0 Å². The first-order chi connectivity index (χ1) is 14.0. The van der Waals surface area contributed by atoms with Gasteiger partial charge in [-0.2, -0.15) is 0 Å². The minimum atomic E-state index is -0.927. The molecule has 0 saturated heterocycles. The van der Waals surface area contributed by atoms with E-state index in [-0.39, 0.29) is 31.8 Å². The number of esters is 1. The molecule has 1 aromatic carbocycles. The third-order valence-electron chi connectivity index (χ3n) is 5.06. The van der Waals surface area contributed by atoms with Crippen molar-refractivity contribution in [3.8, 4) is 0 Å². The molecule has 1 amide bonds. The Balaban J connectivity index is 1.81. The molecule has 0 radical (unpaired) electrons. The Morgan fingerprint density at radius 2 is 1.97 bits per heavy atom. The molecular weight excluding hydrogens is 390 g/mol. The van der Waals surface area contributed by atoms with E-state index in [1.807, 2.05) is 18.2 Å². The Morgan fingerprint density at radius 3 is 2.66 bits per heavy atom. The van der Waals surface area contributed by atoms with Gasteiger partial charge in [-0.1, -0.05) is 30.3 Å². The average molecular weight is 416 g/mol. The van der Waals surface area contributed by atoms with Crippen LogP contribution in [0.25, 0.3) is 0 Å². The van der Waals surface area contributed by atoms with E-state index in [9.17, 15) is 14.4 Å². The van der Waals surface area contributed by atoms with Crippen LogP contribution in [0.5, 0.6) is 0 Å². The molecule has 0 spiro atoms. The lowest BCUT2D eigenvalue weighted by molar-refractivity contribution is -0.137. The number of rotatable bonds is 8. The Labute approximate surface area is 173 Å². The molecule has 0 unspecified atom stereocenters. The number of anilines is 1. The van der Waals surface area contributed by atoms with Crippen molar-refractivity contribution in [3.05, 3.63) is 51.9 Å². The quantitative estimate of drug-likeness (QED) is 0.624. The van der Waals surface area contributed by atoms with Crippen LogP contribution in [0.4, 0.5) is 5.00 Å². The van der Waals surface area contributed by atoms with E-state index >= 15 is 0 Å². The van der Waals surface area contributed by atoms with Gasteiger partial charge >= 0.3 is 11.9 Å². The first-order valence-corrected chi connectivity index (χ1v) is 10.7. The minimum absolute atomic E-state index is 0.0577. The minimum Gasteiger partial charge on any atom is -0.481 e. The topological polar surface area (TPSA) is 92.7 Å². The van der Waals surface area contributed by atoms with E-state index < -0.39 is 11.9 Å². The number of carboxylic acid groups (broad SMARTS) is 1. The van der Waals surface area contributed by atoms with Crippen LogP contribution in [0.2, 0.25) is 0 Å². The predicted octanol–water partition coefficient (Wildman–Crippen LogP) is 4.39. The van der Waals surface area contributed by atoms with Gasteiger partial charge in [0.05, 0.1) is 12.2 Å². The van der Waals surface area contributed by atoms with Crippen molar-refractivity contribution in [2.45, 2.75) is 51.4 Å². The Bertz CT molecular complexity index is 890. The molecule has 154 valence electrons. The highest BCUT2D eigenvalue weighted by Crippen LogP contribution is 2.42. The number of nitrogens with one attached hydrogen (secondary N) is 1. The summed E-state index contributed by atoms with van der Waals surface area (Å²) in [6.45, 7) is 2.02. The summed E-state index contributed by atoms with van der Waals surface area (Å²) in [5, 5.41) is 12.1. The fourth-order valence-corrected chi connectivity index (χ4v) is 5.02. The van der Waals surface area contributed by atoms with Crippen molar-refractivity contribution in [3.63, 3.8) is 0 Å². The number of ether oxygens (including phenoxy) is 1. The molecule has 1 aliphatic rings. The summed E-state index contributed by atoms with van der Waals surface area (Å²) in [5.74, 6) is -1.24. The maximum atomic E-state index is 12.6. The van der Waals surface area contributed by atoms with Crippen LogP contribution in [0.1, 0.15) is 64.9 Å². The fraction of sp³-hybridized carbons (Fsp3) is 0.409. The lowest BCUT2D eigenvalue weighted by atomic mass is 9.83. The summed E-state index contributed by atoms with van der Waals surface area (Å²) in [7, 11) is 0. The Kier molecular flexibility index (Phi) is 7.04. The third-order valence-corrected chi connectivity index (χ3v) is 6.23. The van der Waals surface area contributed by atoms with Gasteiger partial charge in [-0.3, -0.25) is 9.59 Å². The Hall–Kier alpha value is -2.67. The maximum absolute atomic E-state index is 12.6. The first-order valence-electron chi connectivity index (χ1n) is 9.87. The Morgan fingerprint density at radius 1 is 1.21 bits per heavy atom. The van der Waals surface area contributed by atoms with Crippen molar-refractivity contribution >= 4 is 34.2 Å². The predicted molar refractivity (Wildman–Crippen MR) is 112 cm³/mol. The van der Waals surface area contributed by atoms with Gasteiger partial charge in [-0.05, 0) is 49.7 Å².